The summed E-state index contributed by atoms with van der Waals surface area (Å²) in [6.45, 7) is 0.453. The SMILES string of the molecule is O=c1c2cc(-c3ccc(OC(F)(F)F)cc3)ccc2cnn1CCOc1ccccn1. The van der Waals surface area contributed by atoms with Crippen molar-refractivity contribution in [1.29, 1.82) is 0 Å². The second-order valence-corrected chi connectivity index (χ2v) is 6.56. The Balaban J connectivity index is 1.55. The van der Waals surface area contributed by atoms with Gasteiger partial charge in [0.05, 0.1) is 18.1 Å². The second-order valence-electron chi connectivity index (χ2n) is 6.56. The minimum Gasteiger partial charge on any atom is -0.476 e. The Bertz CT molecular complexity index is 1240. The van der Waals surface area contributed by atoms with E-state index in [1.165, 1.54) is 28.9 Å². The number of halogens is 3. The van der Waals surface area contributed by atoms with Crippen molar-refractivity contribution in [2.45, 2.75) is 12.9 Å². The summed E-state index contributed by atoms with van der Waals surface area (Å²) in [4.78, 5) is 16.9. The summed E-state index contributed by atoms with van der Waals surface area (Å²) < 4.78 is 47.7. The number of pyridine rings is 1. The maximum absolute atomic E-state index is 12.8. The first kappa shape index (κ1) is 20.4. The van der Waals surface area contributed by atoms with Crippen molar-refractivity contribution in [3.05, 3.63) is 83.4 Å². The Morgan fingerprint density at radius 1 is 0.968 bits per heavy atom. The van der Waals surface area contributed by atoms with Gasteiger partial charge in [0, 0.05) is 17.6 Å². The van der Waals surface area contributed by atoms with Crippen molar-refractivity contribution in [2.75, 3.05) is 6.61 Å². The van der Waals surface area contributed by atoms with E-state index in [4.69, 9.17) is 4.74 Å². The largest absolute Gasteiger partial charge is 0.573 e. The summed E-state index contributed by atoms with van der Waals surface area (Å²) in [7, 11) is 0. The van der Waals surface area contributed by atoms with Gasteiger partial charge in [-0.1, -0.05) is 30.3 Å². The standard InChI is InChI=1S/C22H16F3N3O3/c23-22(24,25)31-18-8-6-15(7-9-18)16-4-5-17-14-27-28(21(29)19(17)13-16)11-12-30-20-3-1-2-10-26-20/h1-10,13-14H,11-12H2. The Kier molecular flexibility index (Phi) is 5.57. The molecule has 0 aliphatic carbocycles. The van der Waals surface area contributed by atoms with E-state index in [1.807, 2.05) is 0 Å². The number of hydrogen-bond acceptors (Lipinski definition) is 5. The highest BCUT2D eigenvalue weighted by Gasteiger charge is 2.30. The van der Waals surface area contributed by atoms with Gasteiger partial charge in [0.1, 0.15) is 12.4 Å². The van der Waals surface area contributed by atoms with Gasteiger partial charge in [0.15, 0.2) is 0 Å². The van der Waals surface area contributed by atoms with E-state index in [1.54, 1.807) is 48.8 Å². The number of alkyl halides is 3. The molecule has 0 saturated carbocycles. The van der Waals surface area contributed by atoms with E-state index in [2.05, 4.69) is 14.8 Å². The molecule has 9 heteroatoms. The fourth-order valence-electron chi connectivity index (χ4n) is 3.03. The smallest absolute Gasteiger partial charge is 0.476 e. The lowest BCUT2D eigenvalue weighted by atomic mass is 10.0. The molecule has 0 amide bonds. The molecule has 2 aromatic heterocycles. The summed E-state index contributed by atoms with van der Waals surface area (Å²) in [5, 5.41) is 5.27. The van der Waals surface area contributed by atoms with Gasteiger partial charge >= 0.3 is 6.36 Å². The van der Waals surface area contributed by atoms with E-state index in [9.17, 15) is 18.0 Å². The van der Waals surface area contributed by atoms with Gasteiger partial charge < -0.3 is 9.47 Å². The zero-order valence-electron chi connectivity index (χ0n) is 16.0. The van der Waals surface area contributed by atoms with Crippen molar-refractivity contribution in [1.82, 2.24) is 14.8 Å². The predicted molar refractivity (Wildman–Crippen MR) is 108 cm³/mol. The van der Waals surface area contributed by atoms with E-state index >= 15 is 0 Å². The lowest BCUT2D eigenvalue weighted by Crippen LogP contribution is -2.25. The minimum absolute atomic E-state index is 0.218. The van der Waals surface area contributed by atoms with Crippen molar-refractivity contribution in [3.8, 4) is 22.8 Å². The third-order valence-electron chi connectivity index (χ3n) is 4.47. The first-order valence-corrected chi connectivity index (χ1v) is 9.29. The number of benzene rings is 2. The molecular weight excluding hydrogens is 411 g/mol. The van der Waals surface area contributed by atoms with Crippen molar-refractivity contribution < 1.29 is 22.6 Å². The molecule has 0 fully saturated rings. The zero-order valence-corrected chi connectivity index (χ0v) is 16.0. The first-order chi connectivity index (χ1) is 14.9. The van der Waals surface area contributed by atoms with Gasteiger partial charge in [-0.15, -0.1) is 13.2 Å². The lowest BCUT2D eigenvalue weighted by Gasteiger charge is -2.10. The molecule has 0 saturated heterocycles. The Morgan fingerprint density at radius 3 is 2.45 bits per heavy atom. The average molecular weight is 427 g/mol. The van der Waals surface area contributed by atoms with Crippen LogP contribution in [-0.2, 0) is 6.54 Å². The van der Waals surface area contributed by atoms with Crippen molar-refractivity contribution in [2.24, 2.45) is 0 Å². The third-order valence-corrected chi connectivity index (χ3v) is 4.47. The van der Waals surface area contributed by atoms with Crippen LogP contribution in [0.1, 0.15) is 0 Å². The van der Waals surface area contributed by atoms with Crippen molar-refractivity contribution in [3.63, 3.8) is 0 Å². The summed E-state index contributed by atoms with van der Waals surface area (Å²) in [5.74, 6) is 0.146. The van der Waals surface area contributed by atoms with Crippen molar-refractivity contribution >= 4 is 10.8 Å². The number of hydrogen-bond donors (Lipinski definition) is 0. The van der Waals surface area contributed by atoms with Crippen LogP contribution in [0, 0.1) is 0 Å². The van der Waals surface area contributed by atoms with Crippen LogP contribution in [0.2, 0.25) is 0 Å². The lowest BCUT2D eigenvalue weighted by molar-refractivity contribution is -0.274. The Labute approximate surface area is 174 Å². The molecule has 4 rings (SSSR count). The molecule has 4 aromatic rings. The summed E-state index contributed by atoms with van der Waals surface area (Å²) in [6, 6.07) is 16.0. The van der Waals surface area contributed by atoms with E-state index in [0.717, 1.165) is 0 Å². The topological polar surface area (TPSA) is 66.2 Å². The molecule has 2 heterocycles. The molecule has 0 N–H and O–H groups in total. The highest BCUT2D eigenvalue weighted by Crippen LogP contribution is 2.27. The number of aromatic nitrogens is 3. The molecule has 0 bridgehead atoms. The monoisotopic (exact) mass is 427 g/mol. The molecule has 0 radical (unpaired) electrons. The van der Waals surface area contributed by atoms with Crippen LogP contribution >= 0.6 is 0 Å². The first-order valence-electron chi connectivity index (χ1n) is 9.29. The molecule has 2 aromatic carbocycles. The van der Waals surface area contributed by atoms with Crippen LogP contribution in [0.3, 0.4) is 0 Å². The maximum Gasteiger partial charge on any atom is 0.573 e. The third kappa shape index (κ3) is 5.00. The number of fused-ring (bicyclic) bond motifs is 1. The van der Waals surface area contributed by atoms with Gasteiger partial charge in [-0.3, -0.25) is 4.79 Å². The van der Waals surface area contributed by atoms with E-state index in [0.29, 0.717) is 27.8 Å². The van der Waals surface area contributed by atoms with Crippen LogP contribution in [0.5, 0.6) is 11.6 Å². The van der Waals surface area contributed by atoms with Crippen LogP contribution in [0.4, 0.5) is 13.2 Å². The number of ether oxygens (including phenoxy) is 2. The van der Waals surface area contributed by atoms with Crippen LogP contribution in [0.25, 0.3) is 21.9 Å². The Hall–Kier alpha value is -3.88. The predicted octanol–water partition coefficient (Wildman–Crippen LogP) is 4.44. The highest BCUT2D eigenvalue weighted by atomic mass is 19.4. The quantitative estimate of drug-likeness (QED) is 0.455. The van der Waals surface area contributed by atoms with Gasteiger partial charge in [0.25, 0.3) is 5.56 Å². The van der Waals surface area contributed by atoms with Gasteiger partial charge in [-0.25, -0.2) is 9.67 Å². The molecule has 6 nitrogen and oxygen atoms in total. The van der Waals surface area contributed by atoms with Gasteiger partial charge in [0.2, 0.25) is 5.88 Å². The average Bonchev–Trinajstić information content (AvgIpc) is 2.75. The molecule has 0 aliphatic heterocycles. The number of rotatable bonds is 6. The summed E-state index contributed by atoms with van der Waals surface area (Å²) in [6.07, 6.45) is -1.55. The fourth-order valence-corrected chi connectivity index (χ4v) is 3.03. The summed E-state index contributed by atoms with van der Waals surface area (Å²) >= 11 is 0. The summed E-state index contributed by atoms with van der Waals surface area (Å²) in [5.41, 5.74) is 1.05. The van der Waals surface area contributed by atoms with E-state index < -0.39 is 6.36 Å². The fraction of sp³-hybridized carbons (Fsp3) is 0.136. The highest BCUT2D eigenvalue weighted by molar-refractivity contribution is 5.86. The second kappa shape index (κ2) is 8.47. The van der Waals surface area contributed by atoms with Crippen LogP contribution in [-0.4, -0.2) is 27.7 Å². The molecule has 0 spiro atoms. The van der Waals surface area contributed by atoms with Gasteiger partial charge in [-0.2, -0.15) is 5.10 Å². The number of nitrogens with zero attached hydrogens (tertiary/aromatic N) is 3. The Morgan fingerprint density at radius 2 is 1.74 bits per heavy atom. The van der Waals surface area contributed by atoms with Crippen LogP contribution in [0.15, 0.2) is 77.9 Å². The molecule has 31 heavy (non-hydrogen) atoms. The molecule has 158 valence electrons. The maximum atomic E-state index is 12.8. The zero-order chi connectivity index (χ0) is 21.8. The molecule has 0 unspecified atom stereocenters. The van der Waals surface area contributed by atoms with E-state index in [-0.39, 0.29) is 24.5 Å². The molecule has 0 aliphatic rings. The van der Waals surface area contributed by atoms with Gasteiger partial charge in [-0.05, 0) is 35.4 Å². The normalized spacial score (nSPS) is 11.5. The molecular formula is C22H16F3N3O3. The minimum atomic E-state index is -4.75. The van der Waals surface area contributed by atoms with Crippen LogP contribution < -0.4 is 15.0 Å². The molecule has 0 atom stereocenters.